The lowest BCUT2D eigenvalue weighted by molar-refractivity contribution is 1.16. The first kappa shape index (κ1) is 12.6. The van der Waals surface area contributed by atoms with Crippen LogP contribution in [0.25, 0.3) is 10.8 Å². The lowest BCUT2D eigenvalue weighted by Crippen LogP contribution is -1.90. The molecule has 0 unspecified atom stereocenters. The van der Waals surface area contributed by atoms with Gasteiger partial charge in [0.05, 0.1) is 0 Å². The van der Waals surface area contributed by atoms with Gasteiger partial charge in [0.15, 0.2) is 0 Å². The monoisotopic (exact) mass is 215 g/mol. The highest BCUT2D eigenvalue weighted by atomic mass is 14.5. The fraction of sp³-hybridized carbons (Fsp3) is 0.333. The highest BCUT2D eigenvalue weighted by Crippen LogP contribution is 2.25. The van der Waals surface area contributed by atoms with Gasteiger partial charge in [0.25, 0.3) is 0 Å². The summed E-state index contributed by atoms with van der Waals surface area (Å²) >= 11 is 0. The second kappa shape index (κ2) is 5.55. The van der Waals surface area contributed by atoms with Crippen LogP contribution in [0.5, 0.6) is 0 Å². The molecule has 0 saturated carbocycles. The van der Waals surface area contributed by atoms with Crippen molar-refractivity contribution in [2.45, 2.75) is 34.1 Å². The van der Waals surface area contributed by atoms with Crippen molar-refractivity contribution in [1.82, 2.24) is 0 Å². The fourth-order valence-electron chi connectivity index (χ4n) is 2.06. The minimum atomic E-state index is 0.850. The van der Waals surface area contributed by atoms with E-state index in [1.54, 1.807) is 0 Å². The molecule has 0 aliphatic rings. The summed E-state index contributed by atoms with van der Waals surface area (Å²) in [4.78, 5) is 0. The molecular formula is C15H21N. The molecule has 0 spiro atoms. The normalized spacial score (nSPS) is 9.75. The summed E-state index contributed by atoms with van der Waals surface area (Å²) in [5, 5.41) is 2.62. The van der Waals surface area contributed by atoms with E-state index in [4.69, 9.17) is 5.73 Å². The Balaban J connectivity index is 0.000000606. The average molecular weight is 215 g/mol. The van der Waals surface area contributed by atoms with Crippen LogP contribution in [-0.4, -0.2) is 0 Å². The molecule has 0 aromatic heterocycles. The number of hydrogen-bond donors (Lipinski definition) is 1. The predicted molar refractivity (Wildman–Crippen MR) is 73.8 cm³/mol. The molecule has 2 aromatic rings. The number of nitrogen functional groups attached to an aromatic ring is 1. The second-order valence-electron chi connectivity index (χ2n) is 3.71. The first-order valence-corrected chi connectivity index (χ1v) is 6.00. The van der Waals surface area contributed by atoms with E-state index in [1.807, 2.05) is 26.0 Å². The van der Waals surface area contributed by atoms with Gasteiger partial charge in [-0.2, -0.15) is 0 Å². The van der Waals surface area contributed by atoms with Gasteiger partial charge in [-0.05, 0) is 47.4 Å². The molecule has 0 saturated heterocycles. The van der Waals surface area contributed by atoms with E-state index >= 15 is 0 Å². The molecule has 0 atom stereocenters. The van der Waals surface area contributed by atoms with Crippen LogP contribution in [-0.2, 0) is 6.42 Å². The molecule has 16 heavy (non-hydrogen) atoms. The average Bonchev–Trinajstić information content (AvgIpc) is 2.30. The molecular weight excluding hydrogens is 194 g/mol. The van der Waals surface area contributed by atoms with E-state index in [2.05, 4.69) is 32.0 Å². The Morgan fingerprint density at radius 2 is 1.81 bits per heavy atom. The summed E-state index contributed by atoms with van der Waals surface area (Å²) in [6, 6.07) is 10.5. The standard InChI is InChI=1S/C13H15N.C2H6/c1-3-10-5-4-6-11-8-12(14)7-9(2)13(10)11;1-2/h4-8H,3,14H2,1-2H3;1-2H3. The molecule has 2 aromatic carbocycles. The number of rotatable bonds is 1. The van der Waals surface area contributed by atoms with Crippen LogP contribution in [0.15, 0.2) is 30.3 Å². The molecule has 0 aliphatic heterocycles. The van der Waals surface area contributed by atoms with E-state index in [-0.39, 0.29) is 0 Å². The maximum absolute atomic E-state index is 5.82. The number of aryl methyl sites for hydroxylation is 2. The van der Waals surface area contributed by atoms with Crippen molar-refractivity contribution in [2.24, 2.45) is 0 Å². The molecule has 2 rings (SSSR count). The molecule has 0 bridgehead atoms. The minimum absolute atomic E-state index is 0.850. The first-order chi connectivity index (χ1) is 7.72. The summed E-state index contributed by atoms with van der Waals surface area (Å²) in [6.07, 6.45) is 1.07. The highest BCUT2D eigenvalue weighted by Gasteiger charge is 2.02. The minimum Gasteiger partial charge on any atom is -0.399 e. The van der Waals surface area contributed by atoms with E-state index in [9.17, 15) is 0 Å². The van der Waals surface area contributed by atoms with E-state index in [0.29, 0.717) is 0 Å². The number of benzene rings is 2. The summed E-state index contributed by atoms with van der Waals surface area (Å²) in [6.45, 7) is 8.31. The summed E-state index contributed by atoms with van der Waals surface area (Å²) in [7, 11) is 0. The van der Waals surface area contributed by atoms with Crippen molar-refractivity contribution < 1.29 is 0 Å². The van der Waals surface area contributed by atoms with E-state index < -0.39 is 0 Å². The van der Waals surface area contributed by atoms with Gasteiger partial charge < -0.3 is 5.73 Å². The Morgan fingerprint density at radius 3 is 2.44 bits per heavy atom. The van der Waals surface area contributed by atoms with Gasteiger partial charge in [0.2, 0.25) is 0 Å². The Morgan fingerprint density at radius 1 is 1.12 bits per heavy atom. The molecule has 0 fully saturated rings. The second-order valence-corrected chi connectivity index (χ2v) is 3.71. The summed E-state index contributed by atoms with van der Waals surface area (Å²) in [5.74, 6) is 0. The molecule has 86 valence electrons. The van der Waals surface area contributed by atoms with Crippen LogP contribution in [0.4, 0.5) is 5.69 Å². The van der Waals surface area contributed by atoms with Crippen LogP contribution in [0.2, 0.25) is 0 Å². The SMILES string of the molecule is CC.CCc1cccc2cc(N)cc(C)c12. The Hall–Kier alpha value is -1.50. The molecule has 0 heterocycles. The van der Waals surface area contributed by atoms with E-state index in [1.165, 1.54) is 21.9 Å². The summed E-state index contributed by atoms with van der Waals surface area (Å²) < 4.78 is 0. The lowest BCUT2D eigenvalue weighted by atomic mass is 9.98. The van der Waals surface area contributed by atoms with Gasteiger partial charge in [-0.3, -0.25) is 0 Å². The Bertz CT molecular complexity index is 472. The maximum atomic E-state index is 5.82. The van der Waals surface area contributed by atoms with Gasteiger partial charge in [-0.1, -0.05) is 39.0 Å². The van der Waals surface area contributed by atoms with Gasteiger partial charge >= 0.3 is 0 Å². The van der Waals surface area contributed by atoms with Crippen LogP contribution >= 0.6 is 0 Å². The number of fused-ring (bicyclic) bond motifs is 1. The third kappa shape index (κ3) is 2.35. The first-order valence-electron chi connectivity index (χ1n) is 6.00. The molecule has 0 radical (unpaired) electrons. The van der Waals surface area contributed by atoms with Gasteiger partial charge in [-0.15, -0.1) is 0 Å². The molecule has 0 amide bonds. The van der Waals surface area contributed by atoms with Crippen LogP contribution in [0.1, 0.15) is 31.9 Å². The van der Waals surface area contributed by atoms with Crippen molar-refractivity contribution >= 4 is 16.5 Å². The van der Waals surface area contributed by atoms with Crippen molar-refractivity contribution in [3.05, 3.63) is 41.5 Å². The third-order valence-electron chi connectivity index (χ3n) is 2.66. The molecule has 2 N–H and O–H groups in total. The van der Waals surface area contributed by atoms with Crippen molar-refractivity contribution in [1.29, 1.82) is 0 Å². The zero-order chi connectivity index (χ0) is 12.1. The zero-order valence-electron chi connectivity index (χ0n) is 10.7. The van der Waals surface area contributed by atoms with E-state index in [0.717, 1.165) is 12.1 Å². The number of nitrogens with two attached hydrogens (primary N) is 1. The lowest BCUT2D eigenvalue weighted by Gasteiger charge is -2.08. The molecule has 1 nitrogen and oxygen atoms in total. The molecule has 0 aliphatic carbocycles. The van der Waals surface area contributed by atoms with Crippen molar-refractivity contribution in [3.63, 3.8) is 0 Å². The fourth-order valence-corrected chi connectivity index (χ4v) is 2.06. The smallest absolute Gasteiger partial charge is 0.0323 e. The van der Waals surface area contributed by atoms with Crippen LogP contribution in [0.3, 0.4) is 0 Å². The van der Waals surface area contributed by atoms with Crippen LogP contribution < -0.4 is 5.73 Å². The van der Waals surface area contributed by atoms with Gasteiger partial charge in [-0.25, -0.2) is 0 Å². The van der Waals surface area contributed by atoms with Gasteiger partial charge in [0.1, 0.15) is 0 Å². The maximum Gasteiger partial charge on any atom is 0.0323 e. The summed E-state index contributed by atoms with van der Waals surface area (Å²) in [5.41, 5.74) is 9.34. The number of anilines is 1. The highest BCUT2D eigenvalue weighted by molar-refractivity contribution is 5.91. The predicted octanol–water partition coefficient (Wildman–Crippen LogP) is 4.32. The zero-order valence-corrected chi connectivity index (χ0v) is 10.7. The van der Waals surface area contributed by atoms with Gasteiger partial charge in [0, 0.05) is 5.69 Å². The number of hydrogen-bond acceptors (Lipinski definition) is 1. The largest absolute Gasteiger partial charge is 0.399 e. The molecule has 1 heteroatoms. The van der Waals surface area contributed by atoms with Crippen molar-refractivity contribution in [2.75, 3.05) is 5.73 Å². The third-order valence-corrected chi connectivity index (χ3v) is 2.66. The Labute approximate surface area is 98.3 Å². The quantitative estimate of drug-likeness (QED) is 0.704. The Kier molecular flexibility index (Phi) is 4.36. The van der Waals surface area contributed by atoms with Crippen LogP contribution in [0, 0.1) is 6.92 Å². The van der Waals surface area contributed by atoms with Crippen molar-refractivity contribution in [3.8, 4) is 0 Å². The topological polar surface area (TPSA) is 26.0 Å².